The van der Waals surface area contributed by atoms with Crippen LogP contribution in [-0.2, 0) is 14.4 Å². The number of nitrogens with zero attached hydrogens (tertiary/aromatic N) is 1. The predicted octanol–water partition coefficient (Wildman–Crippen LogP) is 0.0237. The zero-order valence-electron chi connectivity index (χ0n) is 14.7. The van der Waals surface area contributed by atoms with Gasteiger partial charge in [-0.15, -0.1) is 11.8 Å². The fraction of sp³-hybridized carbons (Fsp3) is 0.438. The third kappa shape index (κ3) is 4.66. The van der Waals surface area contributed by atoms with Crippen LogP contribution in [0.3, 0.4) is 0 Å². The summed E-state index contributed by atoms with van der Waals surface area (Å²) in [5.74, 6) is -1.94. The van der Waals surface area contributed by atoms with E-state index in [0.717, 1.165) is 0 Å². The van der Waals surface area contributed by atoms with Gasteiger partial charge < -0.3 is 26.2 Å². The third-order valence-electron chi connectivity index (χ3n) is 4.51. The number of aromatic hydroxyl groups is 1. The molecule has 2 heterocycles. The number of carboxylic acids is 1. The Hall–Kier alpha value is 0.117. The minimum Gasteiger partial charge on any atom is -0.508 e. The number of carbonyl (C=O) groups is 3. The second-order valence-corrected chi connectivity index (χ2v) is 8.42. The SMILES string of the molecule is CC1(C)S[C@@H]2[C@H](NC(=O)[C@H](N)c3ccc(O)cc3)C(=O)N2[C@H]1C(=O)O.[Th].[U]. The molecule has 0 aromatic heterocycles. The van der Waals surface area contributed by atoms with Crippen LogP contribution in [0.1, 0.15) is 25.5 Å². The number of phenolic OH excluding ortho intramolecular Hbond substituents is 1. The number of aliphatic carboxylic acids is 1. The van der Waals surface area contributed by atoms with Gasteiger partial charge in [-0.25, -0.2) is 4.79 Å². The topological polar surface area (TPSA) is 133 Å². The fourth-order valence-electron chi connectivity index (χ4n) is 3.22. The van der Waals surface area contributed by atoms with E-state index in [-0.39, 0.29) is 76.8 Å². The average Bonchev–Trinajstić information content (AvgIpc) is 2.80. The second kappa shape index (κ2) is 9.29. The number of hydrogen-bond donors (Lipinski definition) is 4. The normalized spacial score (nSPS) is 26.0. The van der Waals surface area contributed by atoms with Crippen LogP contribution in [0.15, 0.2) is 24.3 Å². The van der Waals surface area contributed by atoms with E-state index in [0.29, 0.717) is 5.56 Å². The minimum absolute atomic E-state index is 0. The van der Waals surface area contributed by atoms with Gasteiger partial charge in [0.1, 0.15) is 29.2 Å². The molecule has 2 amide bonds. The smallest absolute Gasteiger partial charge is 0.327 e. The van der Waals surface area contributed by atoms with Crippen molar-refractivity contribution in [1.82, 2.24) is 10.2 Å². The molecule has 2 fully saturated rings. The summed E-state index contributed by atoms with van der Waals surface area (Å²) < 4.78 is -0.648. The Morgan fingerprint density at radius 2 is 1.85 bits per heavy atom. The number of thioether (sulfide) groups is 1. The molecule has 2 saturated heterocycles. The van der Waals surface area contributed by atoms with E-state index < -0.39 is 46.0 Å². The van der Waals surface area contributed by atoms with Gasteiger partial charge in [0.05, 0.1) is 0 Å². The molecule has 4 atom stereocenters. The van der Waals surface area contributed by atoms with Crippen LogP contribution in [0.2, 0.25) is 0 Å². The first-order chi connectivity index (χ1) is 11.6. The van der Waals surface area contributed by atoms with Crippen molar-refractivity contribution >= 4 is 29.5 Å². The van der Waals surface area contributed by atoms with E-state index in [2.05, 4.69) is 5.32 Å². The third-order valence-corrected chi connectivity index (χ3v) is 6.08. The van der Waals surface area contributed by atoms with Crippen LogP contribution in [0.5, 0.6) is 5.75 Å². The number of amides is 2. The van der Waals surface area contributed by atoms with Gasteiger partial charge in [-0.2, -0.15) is 0 Å². The number of phenols is 1. The van der Waals surface area contributed by atoms with Crippen LogP contribution in [0, 0.1) is 71.1 Å². The van der Waals surface area contributed by atoms with Crippen LogP contribution in [0.4, 0.5) is 0 Å². The van der Waals surface area contributed by atoms with E-state index in [1.807, 2.05) is 0 Å². The maximum atomic E-state index is 12.3. The van der Waals surface area contributed by atoms with Gasteiger partial charge in [0.2, 0.25) is 11.8 Å². The molecule has 1 aromatic rings. The molecule has 0 bridgehead atoms. The number of carboxylic acid groups (broad SMARTS) is 1. The van der Waals surface area contributed by atoms with Crippen molar-refractivity contribution in [3.63, 3.8) is 0 Å². The Morgan fingerprint density at radius 3 is 2.37 bits per heavy atom. The Morgan fingerprint density at radius 1 is 1.30 bits per heavy atom. The van der Waals surface area contributed by atoms with Gasteiger partial charge in [-0.3, -0.25) is 9.59 Å². The first-order valence-electron chi connectivity index (χ1n) is 7.71. The van der Waals surface area contributed by atoms with Gasteiger partial charge in [0.15, 0.2) is 0 Å². The summed E-state index contributed by atoms with van der Waals surface area (Å²) >= 11 is 1.35. The Balaban J connectivity index is 0.00000182. The van der Waals surface area contributed by atoms with E-state index in [1.54, 1.807) is 13.8 Å². The van der Waals surface area contributed by atoms with Crippen molar-refractivity contribution in [2.45, 2.75) is 42.1 Å². The van der Waals surface area contributed by atoms with Crippen LogP contribution in [0.25, 0.3) is 0 Å². The summed E-state index contributed by atoms with van der Waals surface area (Å²) in [6, 6.07) is 3.21. The standard InChI is InChI=1S/C16H19N3O5S.Th.U/c1-16(2)11(15(23)24)19-13(22)10(14(19)25-16)18-12(21)9(17)7-3-5-8(20)6-4-7;;/h3-6,9-11,14,20H,17H2,1-2H3,(H,18,21)(H,23,24);;/t9-,10-,11+,14-;;/m1../s1. The van der Waals surface area contributed by atoms with Crippen molar-refractivity contribution in [2.24, 2.45) is 5.73 Å². The van der Waals surface area contributed by atoms with E-state index >= 15 is 0 Å². The molecule has 142 valence electrons. The van der Waals surface area contributed by atoms with Crippen molar-refractivity contribution in [1.29, 1.82) is 0 Å². The summed E-state index contributed by atoms with van der Waals surface area (Å²) in [5, 5.41) is 20.9. The molecule has 0 aliphatic carbocycles. The van der Waals surface area contributed by atoms with Crippen molar-refractivity contribution < 1.29 is 95.7 Å². The molecule has 2 aliphatic heterocycles. The number of carbonyl (C=O) groups excluding carboxylic acids is 2. The molecule has 3 rings (SSSR count). The predicted molar refractivity (Wildman–Crippen MR) is 90.7 cm³/mol. The van der Waals surface area contributed by atoms with Crippen molar-refractivity contribution in [3.8, 4) is 5.75 Å². The van der Waals surface area contributed by atoms with Gasteiger partial charge in [-0.05, 0) is 31.5 Å². The Labute approximate surface area is 216 Å². The number of β-lactam (4-membered cyclic amide) rings is 1. The average molecular weight is 835 g/mol. The Kier molecular flexibility index (Phi) is 8.65. The van der Waals surface area contributed by atoms with Crippen LogP contribution >= 0.6 is 11.8 Å². The fourth-order valence-corrected chi connectivity index (χ4v) is 4.85. The molecule has 11 heteroatoms. The molecule has 8 nitrogen and oxygen atoms in total. The summed E-state index contributed by atoms with van der Waals surface area (Å²) in [6.07, 6.45) is 0. The summed E-state index contributed by atoms with van der Waals surface area (Å²) in [7, 11) is 0. The largest absolute Gasteiger partial charge is 0.508 e. The summed E-state index contributed by atoms with van der Waals surface area (Å²) in [6.45, 7) is 3.53. The van der Waals surface area contributed by atoms with Gasteiger partial charge >= 0.3 is 5.97 Å². The van der Waals surface area contributed by atoms with E-state index in [9.17, 15) is 24.6 Å². The summed E-state index contributed by atoms with van der Waals surface area (Å²) in [4.78, 5) is 37.5. The zero-order chi connectivity index (χ0) is 18.5. The molecule has 0 saturated carbocycles. The molecule has 2 aliphatic rings. The molecule has 1 aromatic carbocycles. The van der Waals surface area contributed by atoms with E-state index in [1.165, 1.54) is 40.9 Å². The molecule has 0 radical (unpaired) electrons. The second-order valence-electron chi connectivity index (χ2n) is 6.65. The maximum absolute atomic E-state index is 12.3. The monoisotopic (exact) mass is 835 g/mol. The first kappa shape index (κ1) is 25.2. The van der Waals surface area contributed by atoms with Gasteiger partial charge in [-0.1, -0.05) is 12.1 Å². The first-order valence-corrected chi connectivity index (χ1v) is 8.59. The molecule has 0 spiro atoms. The number of rotatable bonds is 4. The molecule has 0 unspecified atom stereocenters. The molecule has 5 N–H and O–H groups in total. The number of nitrogens with one attached hydrogen (secondary N) is 1. The van der Waals surface area contributed by atoms with Gasteiger partial charge in [0, 0.05) is 75.8 Å². The van der Waals surface area contributed by atoms with Crippen molar-refractivity contribution in [2.75, 3.05) is 0 Å². The van der Waals surface area contributed by atoms with Crippen LogP contribution in [-0.4, -0.2) is 55.1 Å². The number of benzene rings is 1. The minimum atomic E-state index is -1.06. The summed E-state index contributed by atoms with van der Waals surface area (Å²) in [5.41, 5.74) is 6.41. The van der Waals surface area contributed by atoms with Crippen LogP contribution < -0.4 is 11.1 Å². The quantitative estimate of drug-likeness (QED) is 0.315. The maximum Gasteiger partial charge on any atom is 0.327 e. The number of hydrogen-bond acceptors (Lipinski definition) is 6. The Bertz CT molecular complexity index is 748. The van der Waals surface area contributed by atoms with Gasteiger partial charge in [0.25, 0.3) is 0 Å². The molecular weight excluding hydrogens is 816 g/mol. The molecular formula is C16H19N3O5SThU. The van der Waals surface area contributed by atoms with Crippen molar-refractivity contribution in [3.05, 3.63) is 29.8 Å². The molecule has 27 heavy (non-hydrogen) atoms. The van der Waals surface area contributed by atoms with E-state index in [4.69, 9.17) is 5.73 Å². The zero-order valence-corrected chi connectivity index (χ0v) is 23.8. The number of nitrogens with two attached hydrogens (primary N) is 1. The number of fused-ring (bicyclic) bond motifs is 1.